The van der Waals surface area contributed by atoms with Gasteiger partial charge in [0.1, 0.15) is 6.61 Å². The van der Waals surface area contributed by atoms with Crippen molar-refractivity contribution in [1.29, 1.82) is 5.26 Å². The minimum absolute atomic E-state index is 0.112. The molecule has 16 heavy (non-hydrogen) atoms. The second-order valence-electron chi connectivity index (χ2n) is 5.34. The molecular formula is C12H23NO3. The van der Waals surface area contributed by atoms with Crippen LogP contribution in [0.3, 0.4) is 0 Å². The van der Waals surface area contributed by atoms with E-state index < -0.39 is 5.60 Å². The van der Waals surface area contributed by atoms with E-state index in [0.29, 0.717) is 13.2 Å². The normalized spacial score (nSPS) is 12.2. The molecule has 0 unspecified atom stereocenters. The van der Waals surface area contributed by atoms with E-state index in [2.05, 4.69) is 18.6 Å². The van der Waals surface area contributed by atoms with E-state index >= 15 is 0 Å². The van der Waals surface area contributed by atoms with Crippen LogP contribution in [0.1, 0.15) is 34.1 Å². The van der Waals surface area contributed by atoms with Gasteiger partial charge in [-0.1, -0.05) is 13.8 Å². The topological polar surface area (TPSA) is 51.5 Å². The first-order valence-electron chi connectivity index (χ1n) is 5.47. The van der Waals surface area contributed by atoms with Crippen LogP contribution in [0.2, 0.25) is 0 Å². The first-order chi connectivity index (χ1) is 7.33. The monoisotopic (exact) mass is 229 g/mol. The molecule has 0 aliphatic heterocycles. The number of hydrogen-bond acceptors (Lipinski definition) is 4. The van der Waals surface area contributed by atoms with Crippen LogP contribution in [0.15, 0.2) is 0 Å². The molecule has 0 aromatic rings. The molecule has 0 aliphatic rings. The number of nitrogens with zero attached hydrogens (tertiary/aromatic N) is 1. The Kier molecular flexibility index (Phi) is 6.39. The van der Waals surface area contributed by atoms with E-state index in [1.54, 1.807) is 13.4 Å². The standard InChI is InChI=1S/C12H23NO3/c1-11(2,8-14-5)6-7-16-12(3,4)9-15-10-13/h6-9H2,1-5H3. The minimum Gasteiger partial charge on any atom is -0.424 e. The summed E-state index contributed by atoms with van der Waals surface area (Å²) in [4.78, 5) is 0. The van der Waals surface area contributed by atoms with E-state index in [0.717, 1.165) is 6.42 Å². The Morgan fingerprint density at radius 3 is 2.25 bits per heavy atom. The Morgan fingerprint density at radius 1 is 1.12 bits per heavy atom. The summed E-state index contributed by atoms with van der Waals surface area (Å²) in [7, 11) is 1.70. The third kappa shape index (κ3) is 7.49. The smallest absolute Gasteiger partial charge is 0.286 e. The van der Waals surface area contributed by atoms with E-state index in [1.807, 2.05) is 13.8 Å². The van der Waals surface area contributed by atoms with Crippen molar-refractivity contribution in [2.24, 2.45) is 5.41 Å². The van der Waals surface area contributed by atoms with Gasteiger partial charge in [-0.05, 0) is 25.7 Å². The van der Waals surface area contributed by atoms with Crippen molar-refractivity contribution in [3.63, 3.8) is 0 Å². The molecule has 0 spiro atoms. The lowest BCUT2D eigenvalue weighted by Crippen LogP contribution is -2.32. The third-order valence-electron chi connectivity index (χ3n) is 2.29. The summed E-state index contributed by atoms with van der Waals surface area (Å²) in [5.41, 5.74) is -0.306. The van der Waals surface area contributed by atoms with Gasteiger partial charge in [0.15, 0.2) is 0 Å². The Morgan fingerprint density at radius 2 is 1.75 bits per heavy atom. The van der Waals surface area contributed by atoms with Crippen LogP contribution in [0, 0.1) is 16.9 Å². The first kappa shape index (κ1) is 15.2. The Labute approximate surface area is 98.5 Å². The van der Waals surface area contributed by atoms with Crippen molar-refractivity contribution < 1.29 is 14.2 Å². The number of rotatable bonds is 8. The fourth-order valence-electron chi connectivity index (χ4n) is 1.31. The van der Waals surface area contributed by atoms with Gasteiger partial charge >= 0.3 is 0 Å². The van der Waals surface area contributed by atoms with Crippen LogP contribution in [0.5, 0.6) is 0 Å². The molecule has 0 atom stereocenters. The quantitative estimate of drug-likeness (QED) is 0.599. The molecule has 0 N–H and O–H groups in total. The summed E-state index contributed by atoms with van der Waals surface area (Å²) in [5, 5.41) is 8.31. The second-order valence-corrected chi connectivity index (χ2v) is 5.34. The maximum absolute atomic E-state index is 8.31. The molecule has 0 rings (SSSR count). The molecule has 0 amide bonds. The molecule has 0 aromatic heterocycles. The predicted octanol–water partition coefficient (Wildman–Crippen LogP) is 2.34. The van der Waals surface area contributed by atoms with Gasteiger partial charge < -0.3 is 14.2 Å². The van der Waals surface area contributed by atoms with Gasteiger partial charge in [0.2, 0.25) is 0 Å². The average Bonchev–Trinajstić information content (AvgIpc) is 2.14. The Hall–Kier alpha value is -0.790. The fraction of sp³-hybridized carbons (Fsp3) is 0.917. The SMILES string of the molecule is COCC(C)(C)CCOC(C)(C)COC#N. The average molecular weight is 229 g/mol. The number of nitriles is 1. The molecule has 0 fully saturated rings. The lowest BCUT2D eigenvalue weighted by Gasteiger charge is -2.28. The van der Waals surface area contributed by atoms with Crippen molar-refractivity contribution in [3.05, 3.63) is 0 Å². The molecule has 94 valence electrons. The Bertz CT molecular complexity index is 231. The third-order valence-corrected chi connectivity index (χ3v) is 2.29. The van der Waals surface area contributed by atoms with E-state index in [9.17, 15) is 0 Å². The van der Waals surface area contributed by atoms with Crippen molar-refractivity contribution in [2.75, 3.05) is 26.9 Å². The van der Waals surface area contributed by atoms with E-state index in [1.165, 1.54) is 0 Å². The summed E-state index contributed by atoms with van der Waals surface area (Å²) in [5.74, 6) is 0. The summed E-state index contributed by atoms with van der Waals surface area (Å²) in [6, 6.07) is 0. The van der Waals surface area contributed by atoms with Gasteiger partial charge in [-0.3, -0.25) is 0 Å². The van der Waals surface area contributed by atoms with E-state index in [4.69, 9.17) is 14.7 Å². The highest BCUT2D eigenvalue weighted by atomic mass is 16.5. The molecule has 0 aromatic carbocycles. The molecule has 0 bridgehead atoms. The van der Waals surface area contributed by atoms with Crippen molar-refractivity contribution in [3.8, 4) is 6.26 Å². The lowest BCUT2D eigenvalue weighted by atomic mass is 9.91. The maximum Gasteiger partial charge on any atom is 0.286 e. The largest absolute Gasteiger partial charge is 0.424 e. The van der Waals surface area contributed by atoms with Gasteiger partial charge in [0.05, 0.1) is 12.2 Å². The highest BCUT2D eigenvalue weighted by molar-refractivity contribution is 4.72. The second kappa shape index (κ2) is 6.72. The maximum atomic E-state index is 8.31. The molecule has 0 saturated heterocycles. The van der Waals surface area contributed by atoms with Gasteiger partial charge in [-0.25, -0.2) is 0 Å². The lowest BCUT2D eigenvalue weighted by molar-refractivity contribution is -0.0658. The molecule has 4 heteroatoms. The van der Waals surface area contributed by atoms with Crippen molar-refractivity contribution in [1.82, 2.24) is 0 Å². The molecule has 0 aliphatic carbocycles. The van der Waals surface area contributed by atoms with Crippen molar-refractivity contribution in [2.45, 2.75) is 39.7 Å². The summed E-state index contributed by atoms with van der Waals surface area (Å²) < 4.78 is 15.5. The number of methoxy groups -OCH3 is 1. The number of ether oxygens (including phenoxy) is 3. The number of hydrogen-bond donors (Lipinski definition) is 0. The zero-order valence-electron chi connectivity index (χ0n) is 11.0. The molecular weight excluding hydrogens is 206 g/mol. The fourth-order valence-corrected chi connectivity index (χ4v) is 1.31. The van der Waals surface area contributed by atoms with Crippen LogP contribution >= 0.6 is 0 Å². The van der Waals surface area contributed by atoms with Crippen LogP contribution in [-0.4, -0.2) is 32.5 Å². The van der Waals surface area contributed by atoms with Crippen LogP contribution in [0.25, 0.3) is 0 Å². The van der Waals surface area contributed by atoms with Gasteiger partial charge in [-0.2, -0.15) is 5.26 Å². The molecule has 0 radical (unpaired) electrons. The van der Waals surface area contributed by atoms with Gasteiger partial charge in [0.25, 0.3) is 6.26 Å². The molecule has 0 saturated carbocycles. The highest BCUT2D eigenvalue weighted by Gasteiger charge is 2.22. The molecule has 0 heterocycles. The van der Waals surface area contributed by atoms with Crippen LogP contribution in [0.4, 0.5) is 0 Å². The Balaban J connectivity index is 3.84. The van der Waals surface area contributed by atoms with Gasteiger partial charge in [-0.15, -0.1) is 0 Å². The van der Waals surface area contributed by atoms with Crippen molar-refractivity contribution >= 4 is 0 Å². The van der Waals surface area contributed by atoms with Crippen LogP contribution in [-0.2, 0) is 14.2 Å². The summed E-state index contributed by atoms with van der Waals surface area (Å²) >= 11 is 0. The summed E-state index contributed by atoms with van der Waals surface area (Å²) in [6.45, 7) is 9.73. The van der Waals surface area contributed by atoms with Gasteiger partial charge in [0, 0.05) is 13.7 Å². The highest BCUT2D eigenvalue weighted by Crippen LogP contribution is 2.22. The zero-order valence-corrected chi connectivity index (χ0v) is 11.0. The zero-order chi connectivity index (χ0) is 12.7. The van der Waals surface area contributed by atoms with Crippen LogP contribution < -0.4 is 0 Å². The molecule has 4 nitrogen and oxygen atoms in total. The minimum atomic E-state index is -0.418. The summed E-state index contributed by atoms with van der Waals surface area (Å²) in [6.07, 6.45) is 2.56. The first-order valence-corrected chi connectivity index (χ1v) is 5.47. The predicted molar refractivity (Wildman–Crippen MR) is 61.9 cm³/mol. The van der Waals surface area contributed by atoms with E-state index in [-0.39, 0.29) is 12.0 Å².